The Morgan fingerprint density at radius 1 is 1.11 bits per heavy atom. The minimum absolute atomic E-state index is 0.0288. The number of ether oxygens (including phenoxy) is 1. The Balaban J connectivity index is 1.31. The number of imide groups is 2. The van der Waals surface area contributed by atoms with Crippen molar-refractivity contribution in [3.63, 3.8) is 0 Å². The summed E-state index contributed by atoms with van der Waals surface area (Å²) in [7, 11) is 0. The van der Waals surface area contributed by atoms with Gasteiger partial charge in [0.1, 0.15) is 23.7 Å². The second kappa shape index (κ2) is 8.49. The highest BCUT2D eigenvalue weighted by atomic mass is 19.1. The summed E-state index contributed by atoms with van der Waals surface area (Å²) in [5, 5.41) is 4.87. The van der Waals surface area contributed by atoms with E-state index in [1.54, 1.807) is 11.0 Å². The Labute approximate surface area is 199 Å². The van der Waals surface area contributed by atoms with Crippen LogP contribution in [0.1, 0.15) is 40.5 Å². The van der Waals surface area contributed by atoms with Crippen molar-refractivity contribution in [2.75, 3.05) is 23.3 Å². The third-order valence-corrected chi connectivity index (χ3v) is 6.13. The highest BCUT2D eigenvalue weighted by Crippen LogP contribution is 2.34. The van der Waals surface area contributed by atoms with Crippen LogP contribution in [0.3, 0.4) is 0 Å². The number of rotatable bonds is 4. The van der Waals surface area contributed by atoms with E-state index in [0.717, 1.165) is 4.90 Å². The molecule has 1 saturated heterocycles. The Hall–Kier alpha value is -4.28. The van der Waals surface area contributed by atoms with Crippen molar-refractivity contribution in [1.82, 2.24) is 10.2 Å². The topological polar surface area (TPSA) is 125 Å². The zero-order chi connectivity index (χ0) is 24.9. The van der Waals surface area contributed by atoms with Crippen molar-refractivity contribution in [3.8, 4) is 5.75 Å². The first-order valence-electron chi connectivity index (χ1n) is 11.1. The quantitative estimate of drug-likeness (QED) is 0.635. The lowest BCUT2D eigenvalue weighted by Crippen LogP contribution is -2.54. The average molecular weight is 480 g/mol. The first-order chi connectivity index (χ1) is 16.7. The number of amides is 5. The molecule has 2 atom stereocenters. The predicted octanol–water partition coefficient (Wildman–Crippen LogP) is 1.45. The van der Waals surface area contributed by atoms with Gasteiger partial charge in [-0.15, -0.1) is 0 Å². The molecule has 5 amide bonds. The molecule has 0 bridgehead atoms. The van der Waals surface area contributed by atoms with Crippen LogP contribution >= 0.6 is 0 Å². The van der Waals surface area contributed by atoms with E-state index in [9.17, 15) is 28.4 Å². The van der Waals surface area contributed by atoms with Crippen molar-refractivity contribution >= 4 is 40.9 Å². The average Bonchev–Trinajstić information content (AvgIpc) is 3.03. The van der Waals surface area contributed by atoms with Gasteiger partial charge < -0.3 is 15.0 Å². The molecular weight excluding hydrogens is 459 g/mol. The number of hydrogen-bond donors (Lipinski definition) is 2. The Morgan fingerprint density at radius 3 is 2.66 bits per heavy atom. The van der Waals surface area contributed by atoms with E-state index >= 15 is 0 Å². The van der Waals surface area contributed by atoms with Crippen molar-refractivity contribution in [3.05, 3.63) is 53.3 Å². The monoisotopic (exact) mass is 480 g/mol. The first kappa shape index (κ1) is 22.5. The molecule has 3 heterocycles. The number of nitrogens with zero attached hydrogens (tertiary/aromatic N) is 2. The third-order valence-electron chi connectivity index (χ3n) is 6.13. The number of fused-ring (bicyclic) bond motifs is 2. The lowest BCUT2D eigenvalue weighted by molar-refractivity contribution is -0.136. The van der Waals surface area contributed by atoms with Crippen LogP contribution in [-0.2, 0) is 14.4 Å². The molecular formula is C24H21FN4O6. The standard InChI is InChI=1S/C24H21FN4O6/c1-12-10-28(17-5-2-13(25)8-19(17)35-12)11-21(31)26-14-3-4-15-16(9-14)24(34)29(23(15)33)18-6-7-20(30)27-22(18)32/h2-5,8-9,12,18H,6-7,10-11H2,1H3,(H,26,31)(H,27,30,32). The van der Waals surface area contributed by atoms with Gasteiger partial charge in [-0.05, 0) is 43.7 Å². The number of halogens is 1. The maximum absolute atomic E-state index is 13.6. The number of nitrogens with one attached hydrogen (secondary N) is 2. The molecule has 0 spiro atoms. The molecule has 2 aromatic carbocycles. The highest BCUT2D eigenvalue weighted by molar-refractivity contribution is 6.24. The molecule has 0 aromatic heterocycles. The van der Waals surface area contributed by atoms with Crippen LogP contribution in [0.4, 0.5) is 15.8 Å². The summed E-state index contributed by atoms with van der Waals surface area (Å²) >= 11 is 0. The van der Waals surface area contributed by atoms with Gasteiger partial charge >= 0.3 is 0 Å². The summed E-state index contributed by atoms with van der Waals surface area (Å²) in [5.74, 6) is -2.89. The fourth-order valence-corrected chi connectivity index (χ4v) is 4.58. The summed E-state index contributed by atoms with van der Waals surface area (Å²) in [6, 6.07) is 7.37. The van der Waals surface area contributed by atoms with Gasteiger partial charge in [-0.2, -0.15) is 0 Å². The maximum atomic E-state index is 13.6. The Kier molecular flexibility index (Phi) is 5.46. The highest BCUT2D eigenvalue weighted by Gasteiger charge is 2.44. The van der Waals surface area contributed by atoms with Crippen LogP contribution in [0.25, 0.3) is 0 Å². The molecule has 2 unspecified atom stereocenters. The Morgan fingerprint density at radius 2 is 1.89 bits per heavy atom. The molecule has 11 heteroatoms. The molecule has 0 radical (unpaired) electrons. The van der Waals surface area contributed by atoms with Gasteiger partial charge in [-0.3, -0.25) is 34.2 Å². The minimum Gasteiger partial charge on any atom is -0.487 e. The Bertz CT molecular complexity index is 1290. The third kappa shape index (κ3) is 4.09. The van der Waals surface area contributed by atoms with Crippen LogP contribution in [-0.4, -0.2) is 59.7 Å². The van der Waals surface area contributed by atoms with Crippen molar-refractivity contribution in [2.45, 2.75) is 31.9 Å². The summed E-state index contributed by atoms with van der Waals surface area (Å²) in [4.78, 5) is 64.8. The molecule has 5 rings (SSSR count). The molecule has 3 aliphatic rings. The van der Waals surface area contributed by atoms with E-state index in [4.69, 9.17) is 4.74 Å². The van der Waals surface area contributed by atoms with E-state index in [2.05, 4.69) is 10.6 Å². The first-order valence-corrected chi connectivity index (χ1v) is 11.1. The summed E-state index contributed by atoms with van der Waals surface area (Å²) in [6.07, 6.45) is -0.164. The zero-order valence-electron chi connectivity index (χ0n) is 18.7. The number of carbonyl (C=O) groups excluding carboxylic acids is 5. The lowest BCUT2D eigenvalue weighted by atomic mass is 10.0. The molecule has 180 valence electrons. The van der Waals surface area contributed by atoms with E-state index in [1.807, 2.05) is 6.92 Å². The van der Waals surface area contributed by atoms with Crippen LogP contribution in [0, 0.1) is 5.82 Å². The fourth-order valence-electron chi connectivity index (χ4n) is 4.58. The van der Waals surface area contributed by atoms with Crippen molar-refractivity contribution in [2.24, 2.45) is 0 Å². The van der Waals surface area contributed by atoms with Gasteiger partial charge in [-0.1, -0.05) is 0 Å². The summed E-state index contributed by atoms with van der Waals surface area (Å²) in [6.45, 7) is 2.19. The molecule has 2 aromatic rings. The van der Waals surface area contributed by atoms with Crippen LogP contribution in [0.15, 0.2) is 36.4 Å². The van der Waals surface area contributed by atoms with Crippen LogP contribution < -0.4 is 20.3 Å². The van der Waals surface area contributed by atoms with Gasteiger partial charge in [0, 0.05) is 18.2 Å². The molecule has 1 fully saturated rings. The van der Waals surface area contributed by atoms with E-state index < -0.39 is 35.5 Å². The second-order valence-electron chi connectivity index (χ2n) is 8.68. The van der Waals surface area contributed by atoms with Crippen LogP contribution in [0.5, 0.6) is 5.75 Å². The molecule has 10 nitrogen and oxygen atoms in total. The fraction of sp³-hybridized carbons (Fsp3) is 0.292. The van der Waals surface area contributed by atoms with Crippen LogP contribution in [0.2, 0.25) is 0 Å². The normalized spacial score (nSPS) is 21.3. The number of hydrogen-bond acceptors (Lipinski definition) is 7. The molecule has 0 saturated carbocycles. The zero-order valence-corrected chi connectivity index (χ0v) is 18.7. The van der Waals surface area contributed by atoms with Crippen molar-refractivity contribution in [1.29, 1.82) is 0 Å². The number of benzene rings is 2. The largest absolute Gasteiger partial charge is 0.487 e. The van der Waals surface area contributed by atoms with Gasteiger partial charge in [0.05, 0.1) is 29.9 Å². The van der Waals surface area contributed by atoms with E-state index in [-0.39, 0.29) is 42.5 Å². The van der Waals surface area contributed by atoms with Gasteiger partial charge in [0.2, 0.25) is 17.7 Å². The molecule has 0 aliphatic carbocycles. The van der Waals surface area contributed by atoms with Crippen molar-refractivity contribution < 1.29 is 33.1 Å². The number of carbonyl (C=O) groups is 5. The van der Waals surface area contributed by atoms with E-state index in [1.165, 1.54) is 30.3 Å². The second-order valence-corrected chi connectivity index (χ2v) is 8.68. The smallest absolute Gasteiger partial charge is 0.262 e. The predicted molar refractivity (Wildman–Crippen MR) is 120 cm³/mol. The number of anilines is 2. The SMILES string of the molecule is CC1CN(CC(=O)Nc2ccc3c(c2)C(=O)N(C2CCC(=O)NC2=O)C3=O)c2ccc(F)cc2O1. The van der Waals surface area contributed by atoms with E-state index in [0.29, 0.717) is 23.7 Å². The summed E-state index contributed by atoms with van der Waals surface area (Å²) < 4.78 is 19.2. The maximum Gasteiger partial charge on any atom is 0.262 e. The minimum atomic E-state index is -1.06. The molecule has 35 heavy (non-hydrogen) atoms. The molecule has 3 aliphatic heterocycles. The van der Waals surface area contributed by atoms with Gasteiger partial charge in [0.15, 0.2) is 0 Å². The molecule has 2 N–H and O–H groups in total. The lowest BCUT2D eigenvalue weighted by Gasteiger charge is -2.34. The van der Waals surface area contributed by atoms with Gasteiger partial charge in [0.25, 0.3) is 11.8 Å². The van der Waals surface area contributed by atoms with Gasteiger partial charge in [-0.25, -0.2) is 4.39 Å². The number of piperidine rings is 1. The summed E-state index contributed by atoms with van der Waals surface area (Å²) in [5.41, 5.74) is 1.09.